The molecule has 1 unspecified atom stereocenters. The monoisotopic (exact) mass is 530 g/mol. The Labute approximate surface area is 228 Å². The van der Waals surface area contributed by atoms with E-state index in [1.54, 1.807) is 98.8 Å². The molecule has 0 aromatic heterocycles. The molecule has 3 aromatic carbocycles. The molecule has 204 valence electrons. The molecule has 0 aliphatic carbocycles. The predicted octanol–water partition coefficient (Wildman–Crippen LogP) is 4.20. The maximum Gasteiger partial charge on any atom is 0.319 e. The fourth-order valence-corrected chi connectivity index (χ4v) is 4.66. The Morgan fingerprint density at radius 1 is 0.872 bits per heavy atom. The molecule has 0 fully saturated rings. The van der Waals surface area contributed by atoms with Crippen LogP contribution < -0.4 is 21.3 Å². The van der Waals surface area contributed by atoms with E-state index in [9.17, 15) is 19.2 Å². The number of nitrogens with one attached hydrogen (secondary N) is 2. The number of primary amides is 1. The first-order chi connectivity index (χ1) is 18.7. The maximum atomic E-state index is 14.5. The summed E-state index contributed by atoms with van der Waals surface area (Å²) in [7, 11) is 1.25. The standard InChI is InChI=1S/C30H34N4O5/c1-21(2)30(28(31)37,22-13-7-4-8-14-22)34(24-17-11-6-12-18-24)27(36)25(19-20-26(35)39-3)33-29(38)32-23-15-9-5-10-16-23/h4-18,21,25H,19-20H2,1-3H3,(H2,31,37)(H2,32,33,38)/t25-,30?/m1/s1. The highest BCUT2D eigenvalue weighted by molar-refractivity contribution is 6.07. The summed E-state index contributed by atoms with van der Waals surface area (Å²) in [6.07, 6.45) is -0.212. The van der Waals surface area contributed by atoms with E-state index in [0.29, 0.717) is 16.9 Å². The first kappa shape index (κ1) is 28.9. The lowest BCUT2D eigenvalue weighted by Crippen LogP contribution is -2.64. The number of rotatable bonds is 11. The van der Waals surface area contributed by atoms with Crippen LogP contribution in [0.4, 0.5) is 16.2 Å². The number of carbonyl (C=O) groups is 4. The van der Waals surface area contributed by atoms with Crippen LogP contribution in [0.25, 0.3) is 0 Å². The van der Waals surface area contributed by atoms with Crippen molar-refractivity contribution in [1.29, 1.82) is 0 Å². The molecule has 0 heterocycles. The van der Waals surface area contributed by atoms with Crippen molar-refractivity contribution < 1.29 is 23.9 Å². The van der Waals surface area contributed by atoms with Gasteiger partial charge in [-0.2, -0.15) is 0 Å². The minimum atomic E-state index is -1.61. The maximum absolute atomic E-state index is 14.5. The molecule has 4 amide bonds. The van der Waals surface area contributed by atoms with Crippen LogP contribution >= 0.6 is 0 Å². The molecule has 2 atom stereocenters. The number of amides is 4. The largest absolute Gasteiger partial charge is 0.469 e. The Kier molecular flexibility index (Phi) is 9.80. The number of carbonyl (C=O) groups excluding carboxylic acids is 4. The van der Waals surface area contributed by atoms with Crippen molar-refractivity contribution in [2.75, 3.05) is 17.3 Å². The Balaban J connectivity index is 2.13. The van der Waals surface area contributed by atoms with Crippen molar-refractivity contribution in [1.82, 2.24) is 5.32 Å². The van der Waals surface area contributed by atoms with Crippen LogP contribution in [-0.4, -0.2) is 37.0 Å². The zero-order chi connectivity index (χ0) is 28.4. The minimum absolute atomic E-state index is 0.0707. The third kappa shape index (κ3) is 6.62. The van der Waals surface area contributed by atoms with Gasteiger partial charge in [-0.15, -0.1) is 0 Å². The van der Waals surface area contributed by atoms with E-state index in [4.69, 9.17) is 10.5 Å². The lowest BCUT2D eigenvalue weighted by atomic mass is 9.76. The molecule has 3 aromatic rings. The van der Waals surface area contributed by atoms with Gasteiger partial charge in [0.15, 0.2) is 5.54 Å². The summed E-state index contributed by atoms with van der Waals surface area (Å²) in [4.78, 5) is 54.3. The van der Waals surface area contributed by atoms with Crippen LogP contribution in [0.2, 0.25) is 0 Å². The molecule has 3 rings (SSSR count). The van der Waals surface area contributed by atoms with Gasteiger partial charge < -0.3 is 21.1 Å². The Morgan fingerprint density at radius 3 is 1.92 bits per heavy atom. The molecule has 4 N–H and O–H groups in total. The summed E-state index contributed by atoms with van der Waals surface area (Å²) in [6.45, 7) is 3.61. The molecule has 39 heavy (non-hydrogen) atoms. The van der Waals surface area contributed by atoms with E-state index < -0.39 is 41.3 Å². The van der Waals surface area contributed by atoms with E-state index in [2.05, 4.69) is 10.6 Å². The first-order valence-corrected chi connectivity index (χ1v) is 12.7. The zero-order valence-corrected chi connectivity index (χ0v) is 22.3. The van der Waals surface area contributed by atoms with Crippen molar-refractivity contribution in [3.8, 4) is 0 Å². The number of esters is 1. The fourth-order valence-electron chi connectivity index (χ4n) is 4.66. The molecule has 9 nitrogen and oxygen atoms in total. The SMILES string of the molecule is COC(=O)CC[C@@H](NC(=O)Nc1ccccc1)C(=O)N(c1ccccc1)C(C(N)=O)(c1ccccc1)C(C)C. The Hall–Kier alpha value is -4.66. The molecule has 0 saturated carbocycles. The summed E-state index contributed by atoms with van der Waals surface area (Å²) in [6, 6.07) is 24.4. The average molecular weight is 531 g/mol. The van der Waals surface area contributed by atoms with Crippen molar-refractivity contribution in [3.05, 3.63) is 96.6 Å². The average Bonchev–Trinajstić information content (AvgIpc) is 2.94. The number of nitrogens with zero attached hydrogens (tertiary/aromatic N) is 1. The van der Waals surface area contributed by atoms with Gasteiger partial charge in [-0.3, -0.25) is 19.3 Å². The fraction of sp³-hybridized carbons (Fsp3) is 0.267. The smallest absolute Gasteiger partial charge is 0.319 e. The van der Waals surface area contributed by atoms with Crippen LogP contribution in [0, 0.1) is 5.92 Å². The summed E-state index contributed by atoms with van der Waals surface area (Å²) in [5, 5.41) is 5.39. The Bertz CT molecular complexity index is 1270. The van der Waals surface area contributed by atoms with Crippen molar-refractivity contribution in [2.24, 2.45) is 11.7 Å². The van der Waals surface area contributed by atoms with Crippen molar-refractivity contribution in [3.63, 3.8) is 0 Å². The number of methoxy groups -OCH3 is 1. The first-order valence-electron chi connectivity index (χ1n) is 12.7. The lowest BCUT2D eigenvalue weighted by Gasteiger charge is -2.46. The highest BCUT2D eigenvalue weighted by Gasteiger charge is 2.51. The highest BCUT2D eigenvalue weighted by atomic mass is 16.5. The predicted molar refractivity (Wildman–Crippen MR) is 150 cm³/mol. The van der Waals surface area contributed by atoms with Gasteiger partial charge in [-0.1, -0.05) is 80.6 Å². The molecule has 0 aliphatic rings. The quantitative estimate of drug-likeness (QED) is 0.320. The number of hydrogen-bond acceptors (Lipinski definition) is 5. The van der Waals surface area contributed by atoms with Gasteiger partial charge in [0.25, 0.3) is 5.91 Å². The van der Waals surface area contributed by atoms with E-state index in [-0.39, 0.29) is 12.8 Å². The van der Waals surface area contributed by atoms with Gasteiger partial charge in [0.05, 0.1) is 7.11 Å². The number of anilines is 2. The van der Waals surface area contributed by atoms with Crippen LogP contribution in [0.15, 0.2) is 91.0 Å². The molecular weight excluding hydrogens is 496 g/mol. The van der Waals surface area contributed by atoms with Gasteiger partial charge in [-0.25, -0.2) is 4.79 Å². The van der Waals surface area contributed by atoms with Gasteiger partial charge in [0.2, 0.25) is 5.91 Å². The van der Waals surface area contributed by atoms with E-state index >= 15 is 0 Å². The second-order valence-corrected chi connectivity index (χ2v) is 9.29. The van der Waals surface area contributed by atoms with Gasteiger partial charge in [0, 0.05) is 17.8 Å². The third-order valence-electron chi connectivity index (χ3n) is 6.51. The molecular formula is C30H34N4O5. The normalized spacial score (nSPS) is 13.0. The number of benzene rings is 3. The summed E-state index contributed by atoms with van der Waals surface area (Å²) >= 11 is 0. The van der Waals surface area contributed by atoms with Gasteiger partial charge in [-0.05, 0) is 42.2 Å². The molecule has 9 heteroatoms. The summed E-state index contributed by atoms with van der Waals surface area (Å²) in [5.41, 5.74) is 5.96. The molecule has 0 aliphatic heterocycles. The topological polar surface area (TPSA) is 131 Å². The molecule has 0 bridgehead atoms. The van der Waals surface area contributed by atoms with Crippen molar-refractivity contribution >= 4 is 35.2 Å². The molecule has 0 spiro atoms. The van der Waals surface area contributed by atoms with E-state index in [0.717, 1.165) is 0 Å². The summed E-state index contributed by atoms with van der Waals surface area (Å²) < 4.78 is 4.77. The minimum Gasteiger partial charge on any atom is -0.469 e. The van der Waals surface area contributed by atoms with Crippen molar-refractivity contribution in [2.45, 2.75) is 38.3 Å². The second kappa shape index (κ2) is 13.2. The second-order valence-electron chi connectivity index (χ2n) is 9.29. The zero-order valence-electron chi connectivity index (χ0n) is 22.3. The lowest BCUT2D eigenvalue weighted by molar-refractivity contribution is -0.141. The Morgan fingerprint density at radius 2 is 1.41 bits per heavy atom. The van der Waals surface area contributed by atoms with E-state index in [1.807, 2.05) is 6.07 Å². The van der Waals surface area contributed by atoms with E-state index in [1.165, 1.54) is 12.0 Å². The molecule has 0 radical (unpaired) electrons. The number of nitrogens with two attached hydrogens (primary N) is 1. The van der Waals surface area contributed by atoms with Gasteiger partial charge in [0.1, 0.15) is 6.04 Å². The van der Waals surface area contributed by atoms with Crippen LogP contribution in [-0.2, 0) is 24.7 Å². The number of hydrogen-bond donors (Lipinski definition) is 3. The van der Waals surface area contributed by atoms with Crippen LogP contribution in [0.3, 0.4) is 0 Å². The molecule has 0 saturated heterocycles. The van der Waals surface area contributed by atoms with Gasteiger partial charge >= 0.3 is 12.0 Å². The number of ether oxygens (including phenoxy) is 1. The number of urea groups is 1. The van der Waals surface area contributed by atoms with Crippen LogP contribution in [0.1, 0.15) is 32.3 Å². The third-order valence-corrected chi connectivity index (χ3v) is 6.51. The summed E-state index contributed by atoms with van der Waals surface area (Å²) in [5.74, 6) is -2.36. The highest BCUT2D eigenvalue weighted by Crippen LogP contribution is 2.40. The van der Waals surface area contributed by atoms with Crippen LogP contribution in [0.5, 0.6) is 0 Å². The number of para-hydroxylation sites is 2.